The predicted molar refractivity (Wildman–Crippen MR) is 92.0 cm³/mol. The highest BCUT2D eigenvalue weighted by atomic mass is 32.1. The quantitative estimate of drug-likeness (QED) is 0.510. The highest BCUT2D eigenvalue weighted by Crippen LogP contribution is 2.22. The molecule has 5 heteroatoms. The van der Waals surface area contributed by atoms with E-state index in [2.05, 4.69) is 5.10 Å². The third-order valence-electron chi connectivity index (χ3n) is 3.39. The van der Waals surface area contributed by atoms with E-state index in [1.54, 1.807) is 19.4 Å². The van der Waals surface area contributed by atoms with Crippen molar-refractivity contribution < 1.29 is 9.53 Å². The fraction of sp³-hybridized carbons (Fsp3) is 0.111. The highest BCUT2D eigenvalue weighted by Gasteiger charge is 2.06. The minimum atomic E-state index is 0.0180. The third kappa shape index (κ3) is 3.76. The summed E-state index contributed by atoms with van der Waals surface area (Å²) in [5.41, 5.74) is 1.97. The molecular weight excluding hydrogens is 308 g/mol. The summed E-state index contributed by atoms with van der Waals surface area (Å²) in [6.07, 6.45) is 7.08. The predicted octanol–water partition coefficient (Wildman–Crippen LogP) is 3.90. The molecule has 116 valence electrons. The molecule has 0 aliphatic carbocycles. The Hall–Kier alpha value is -2.66. The molecule has 4 nitrogen and oxygen atoms in total. The van der Waals surface area contributed by atoms with Gasteiger partial charge in [-0.05, 0) is 41.3 Å². The highest BCUT2D eigenvalue weighted by molar-refractivity contribution is 7.12. The first-order valence-corrected chi connectivity index (χ1v) is 8.04. The van der Waals surface area contributed by atoms with Crippen molar-refractivity contribution in [2.24, 2.45) is 0 Å². The van der Waals surface area contributed by atoms with Crippen LogP contribution < -0.4 is 4.74 Å². The number of thiophene rings is 1. The van der Waals surface area contributed by atoms with Crippen LogP contribution in [0.15, 0.2) is 60.2 Å². The van der Waals surface area contributed by atoms with E-state index in [4.69, 9.17) is 4.74 Å². The molecule has 0 saturated heterocycles. The Morgan fingerprint density at radius 2 is 2.26 bits per heavy atom. The Morgan fingerprint density at radius 1 is 1.35 bits per heavy atom. The molecule has 0 aliphatic rings. The van der Waals surface area contributed by atoms with Crippen LogP contribution in [0.2, 0.25) is 0 Å². The summed E-state index contributed by atoms with van der Waals surface area (Å²) < 4.78 is 7.24. The second kappa shape index (κ2) is 7.07. The van der Waals surface area contributed by atoms with Crippen molar-refractivity contribution in [1.82, 2.24) is 9.78 Å². The zero-order chi connectivity index (χ0) is 16.1. The van der Waals surface area contributed by atoms with Crippen molar-refractivity contribution in [3.05, 3.63) is 76.3 Å². The number of allylic oxidation sites excluding steroid dienone is 1. The van der Waals surface area contributed by atoms with Gasteiger partial charge in [0.1, 0.15) is 5.75 Å². The fourth-order valence-electron chi connectivity index (χ4n) is 2.27. The lowest BCUT2D eigenvalue weighted by Gasteiger charge is -2.09. The zero-order valence-electron chi connectivity index (χ0n) is 12.7. The van der Waals surface area contributed by atoms with Crippen molar-refractivity contribution in [3.8, 4) is 5.75 Å². The molecule has 1 aromatic carbocycles. The van der Waals surface area contributed by atoms with E-state index in [0.717, 1.165) is 21.8 Å². The average molecular weight is 324 g/mol. The van der Waals surface area contributed by atoms with E-state index in [1.165, 1.54) is 11.3 Å². The Kier molecular flexibility index (Phi) is 4.68. The van der Waals surface area contributed by atoms with Gasteiger partial charge in [0.15, 0.2) is 5.78 Å². The van der Waals surface area contributed by atoms with Gasteiger partial charge in [-0.3, -0.25) is 9.48 Å². The van der Waals surface area contributed by atoms with Gasteiger partial charge in [0.25, 0.3) is 0 Å². The van der Waals surface area contributed by atoms with E-state index >= 15 is 0 Å². The second-order valence-electron chi connectivity index (χ2n) is 4.95. The lowest BCUT2D eigenvalue weighted by atomic mass is 10.1. The van der Waals surface area contributed by atoms with E-state index in [-0.39, 0.29) is 5.78 Å². The van der Waals surface area contributed by atoms with Gasteiger partial charge in [0.05, 0.1) is 18.5 Å². The molecular formula is C18H16N2O2S. The van der Waals surface area contributed by atoms with Gasteiger partial charge in [-0.2, -0.15) is 5.10 Å². The van der Waals surface area contributed by atoms with Crippen LogP contribution in [-0.4, -0.2) is 22.7 Å². The largest absolute Gasteiger partial charge is 0.496 e. The zero-order valence-corrected chi connectivity index (χ0v) is 13.5. The van der Waals surface area contributed by atoms with E-state index in [1.807, 2.05) is 58.7 Å². The van der Waals surface area contributed by atoms with Crippen LogP contribution in [-0.2, 0) is 6.54 Å². The van der Waals surface area contributed by atoms with Gasteiger partial charge < -0.3 is 4.74 Å². The summed E-state index contributed by atoms with van der Waals surface area (Å²) in [4.78, 5) is 12.8. The van der Waals surface area contributed by atoms with Crippen LogP contribution in [0.4, 0.5) is 0 Å². The molecule has 2 aromatic heterocycles. The van der Waals surface area contributed by atoms with Crippen molar-refractivity contribution in [3.63, 3.8) is 0 Å². The topological polar surface area (TPSA) is 44.1 Å². The first-order valence-electron chi connectivity index (χ1n) is 7.16. The molecule has 0 saturated carbocycles. The molecule has 0 unspecified atom stereocenters. The van der Waals surface area contributed by atoms with Crippen molar-refractivity contribution >= 4 is 23.2 Å². The smallest absolute Gasteiger partial charge is 0.195 e. The van der Waals surface area contributed by atoms with E-state index in [0.29, 0.717) is 6.54 Å². The molecule has 23 heavy (non-hydrogen) atoms. The van der Waals surface area contributed by atoms with Gasteiger partial charge in [-0.25, -0.2) is 0 Å². The molecule has 0 aliphatic heterocycles. The van der Waals surface area contributed by atoms with Gasteiger partial charge in [0.2, 0.25) is 0 Å². The van der Waals surface area contributed by atoms with Crippen LogP contribution in [0, 0.1) is 0 Å². The Balaban J connectivity index is 1.81. The van der Waals surface area contributed by atoms with Gasteiger partial charge in [0, 0.05) is 18.0 Å². The summed E-state index contributed by atoms with van der Waals surface area (Å²) in [7, 11) is 1.65. The standard InChI is InChI=1S/C18H16N2O2S/c1-22-17-8-6-14(5-7-16(21)18-4-2-11-23-18)12-15(17)13-20-10-3-9-19-20/h2-12H,13H2,1H3. The monoisotopic (exact) mass is 324 g/mol. The van der Waals surface area contributed by atoms with Crippen LogP contribution in [0.5, 0.6) is 5.75 Å². The molecule has 0 radical (unpaired) electrons. The summed E-state index contributed by atoms with van der Waals surface area (Å²) in [5.74, 6) is 0.826. The number of hydrogen-bond donors (Lipinski definition) is 0. The number of rotatable bonds is 6. The number of hydrogen-bond acceptors (Lipinski definition) is 4. The molecule has 0 fully saturated rings. The lowest BCUT2D eigenvalue weighted by Crippen LogP contribution is -2.02. The molecule has 0 atom stereocenters. The summed E-state index contributed by atoms with van der Waals surface area (Å²) in [5, 5.41) is 6.11. The number of carbonyl (C=O) groups is 1. The maximum atomic E-state index is 12.0. The molecule has 2 heterocycles. The Morgan fingerprint density at radius 3 is 2.96 bits per heavy atom. The number of ether oxygens (including phenoxy) is 1. The summed E-state index contributed by atoms with van der Waals surface area (Å²) in [6.45, 7) is 0.622. The van der Waals surface area contributed by atoms with Gasteiger partial charge in [-0.15, -0.1) is 11.3 Å². The lowest BCUT2D eigenvalue weighted by molar-refractivity contribution is 0.105. The fourth-order valence-corrected chi connectivity index (χ4v) is 2.91. The van der Waals surface area contributed by atoms with Crippen molar-refractivity contribution in [2.45, 2.75) is 6.54 Å². The molecule has 3 rings (SSSR count). The Labute approximate surface area is 138 Å². The average Bonchev–Trinajstić information content (AvgIpc) is 3.26. The number of aromatic nitrogens is 2. The second-order valence-corrected chi connectivity index (χ2v) is 5.90. The molecule has 0 bridgehead atoms. The number of methoxy groups -OCH3 is 1. The maximum Gasteiger partial charge on any atom is 0.195 e. The van der Waals surface area contributed by atoms with Crippen molar-refractivity contribution in [1.29, 1.82) is 0 Å². The van der Waals surface area contributed by atoms with Gasteiger partial charge in [-0.1, -0.05) is 18.2 Å². The summed E-state index contributed by atoms with van der Waals surface area (Å²) >= 11 is 1.45. The first kappa shape index (κ1) is 15.2. The number of benzene rings is 1. The molecule has 3 aromatic rings. The SMILES string of the molecule is COc1ccc(C=CC(=O)c2cccs2)cc1Cn1cccn1. The summed E-state index contributed by atoms with van der Waals surface area (Å²) in [6, 6.07) is 11.4. The van der Waals surface area contributed by atoms with Crippen molar-refractivity contribution in [2.75, 3.05) is 7.11 Å². The minimum Gasteiger partial charge on any atom is -0.496 e. The van der Waals surface area contributed by atoms with Crippen LogP contribution >= 0.6 is 11.3 Å². The normalized spacial score (nSPS) is 11.0. The number of nitrogens with zero attached hydrogens (tertiary/aromatic N) is 2. The van der Waals surface area contributed by atoms with Crippen LogP contribution in [0.1, 0.15) is 20.8 Å². The first-order chi connectivity index (χ1) is 11.3. The van der Waals surface area contributed by atoms with E-state index in [9.17, 15) is 4.79 Å². The van der Waals surface area contributed by atoms with Crippen LogP contribution in [0.25, 0.3) is 6.08 Å². The maximum absolute atomic E-state index is 12.0. The number of carbonyl (C=O) groups excluding carboxylic acids is 1. The molecule has 0 N–H and O–H groups in total. The Bertz CT molecular complexity index is 806. The third-order valence-corrected chi connectivity index (χ3v) is 4.27. The van der Waals surface area contributed by atoms with Gasteiger partial charge >= 0.3 is 0 Å². The van der Waals surface area contributed by atoms with Crippen LogP contribution in [0.3, 0.4) is 0 Å². The number of ketones is 1. The van der Waals surface area contributed by atoms with E-state index < -0.39 is 0 Å². The molecule has 0 amide bonds. The minimum absolute atomic E-state index is 0.0180. The molecule has 0 spiro atoms.